The molecule has 0 aromatic carbocycles. The van der Waals surface area contributed by atoms with Crippen molar-refractivity contribution >= 4 is 5.91 Å². The molecular weight excluding hydrogens is 200 g/mol. The van der Waals surface area contributed by atoms with E-state index in [-0.39, 0.29) is 17.0 Å². The zero-order valence-electron chi connectivity index (χ0n) is 12.0. The van der Waals surface area contributed by atoms with Crippen LogP contribution in [0.3, 0.4) is 0 Å². The van der Waals surface area contributed by atoms with Gasteiger partial charge < -0.3 is 5.32 Å². The fourth-order valence-electron chi connectivity index (χ4n) is 2.11. The van der Waals surface area contributed by atoms with Crippen LogP contribution in [0.2, 0.25) is 0 Å². The van der Waals surface area contributed by atoms with E-state index in [4.69, 9.17) is 0 Å². The van der Waals surface area contributed by atoms with Gasteiger partial charge in [-0.05, 0) is 41.5 Å². The van der Waals surface area contributed by atoms with Gasteiger partial charge in [0.1, 0.15) is 0 Å². The van der Waals surface area contributed by atoms with Crippen molar-refractivity contribution in [2.75, 3.05) is 13.1 Å². The van der Waals surface area contributed by atoms with Crippen molar-refractivity contribution in [2.45, 2.75) is 66.0 Å². The molecule has 0 rings (SSSR count). The summed E-state index contributed by atoms with van der Waals surface area (Å²) in [6.07, 6.45) is 0.561. The van der Waals surface area contributed by atoms with Gasteiger partial charge in [0.2, 0.25) is 5.91 Å². The minimum absolute atomic E-state index is 0.120. The summed E-state index contributed by atoms with van der Waals surface area (Å²) in [4.78, 5) is 13.6. The van der Waals surface area contributed by atoms with Gasteiger partial charge in [0.05, 0.1) is 0 Å². The molecule has 96 valence electrons. The molecule has 0 atom stereocenters. The lowest BCUT2D eigenvalue weighted by Crippen LogP contribution is -2.54. The van der Waals surface area contributed by atoms with Crippen molar-refractivity contribution in [2.24, 2.45) is 0 Å². The Morgan fingerprint density at radius 3 is 1.81 bits per heavy atom. The lowest BCUT2D eigenvalue weighted by molar-refractivity contribution is -0.121. The second kappa shape index (κ2) is 5.67. The highest BCUT2D eigenvalue weighted by atomic mass is 16.1. The first-order valence-electron chi connectivity index (χ1n) is 6.13. The average Bonchev–Trinajstić information content (AvgIpc) is 2.07. The van der Waals surface area contributed by atoms with Gasteiger partial charge in [-0.2, -0.15) is 0 Å². The molecular formula is C13H28N2O. The van der Waals surface area contributed by atoms with Crippen molar-refractivity contribution < 1.29 is 4.79 Å². The van der Waals surface area contributed by atoms with Crippen molar-refractivity contribution in [1.29, 1.82) is 0 Å². The second-order valence-corrected chi connectivity index (χ2v) is 6.20. The smallest absolute Gasteiger partial charge is 0.219 e. The van der Waals surface area contributed by atoms with Crippen LogP contribution >= 0.6 is 0 Å². The molecule has 0 saturated heterocycles. The van der Waals surface area contributed by atoms with Crippen LogP contribution in [0.25, 0.3) is 0 Å². The SMILES string of the molecule is CCC(=O)NCCN(C(C)(C)C)C(C)(C)C. The van der Waals surface area contributed by atoms with Gasteiger partial charge >= 0.3 is 0 Å². The summed E-state index contributed by atoms with van der Waals surface area (Å²) < 4.78 is 0. The maximum Gasteiger partial charge on any atom is 0.219 e. The Morgan fingerprint density at radius 1 is 1.06 bits per heavy atom. The quantitative estimate of drug-likeness (QED) is 0.801. The molecule has 0 aliphatic carbocycles. The normalized spacial score (nSPS) is 13.0. The van der Waals surface area contributed by atoms with Crippen LogP contribution in [0.15, 0.2) is 0 Å². The maximum atomic E-state index is 11.2. The van der Waals surface area contributed by atoms with Gasteiger partial charge in [-0.3, -0.25) is 9.69 Å². The molecule has 1 N–H and O–H groups in total. The van der Waals surface area contributed by atoms with Gasteiger partial charge in [-0.1, -0.05) is 6.92 Å². The molecule has 0 aliphatic rings. The summed E-state index contributed by atoms with van der Waals surface area (Å²) in [6, 6.07) is 0. The number of carbonyl (C=O) groups is 1. The Bertz CT molecular complexity index is 209. The molecule has 3 nitrogen and oxygen atoms in total. The first-order valence-corrected chi connectivity index (χ1v) is 6.13. The first kappa shape index (κ1) is 15.4. The van der Waals surface area contributed by atoms with Crippen LogP contribution in [0, 0.1) is 0 Å². The molecule has 0 heterocycles. The third-order valence-electron chi connectivity index (χ3n) is 2.60. The molecule has 3 heteroatoms. The first-order chi connectivity index (χ1) is 7.09. The second-order valence-electron chi connectivity index (χ2n) is 6.20. The van der Waals surface area contributed by atoms with E-state index < -0.39 is 0 Å². The average molecular weight is 228 g/mol. The maximum absolute atomic E-state index is 11.2. The number of carbonyl (C=O) groups excluding carboxylic acids is 1. The van der Waals surface area contributed by atoms with E-state index in [2.05, 4.69) is 51.8 Å². The fraction of sp³-hybridized carbons (Fsp3) is 0.923. The molecule has 0 fully saturated rings. The molecule has 0 aliphatic heterocycles. The molecule has 16 heavy (non-hydrogen) atoms. The monoisotopic (exact) mass is 228 g/mol. The number of amides is 1. The molecule has 0 radical (unpaired) electrons. The van der Waals surface area contributed by atoms with E-state index in [0.29, 0.717) is 6.42 Å². The summed E-state index contributed by atoms with van der Waals surface area (Å²) >= 11 is 0. The van der Waals surface area contributed by atoms with Gasteiger partial charge in [0, 0.05) is 30.6 Å². The van der Waals surface area contributed by atoms with E-state index in [1.807, 2.05) is 6.92 Å². The standard InChI is InChI=1S/C13H28N2O/c1-8-11(16)14-9-10-15(12(2,3)4)13(5,6)7/h8-10H2,1-7H3,(H,14,16). The van der Waals surface area contributed by atoms with E-state index in [1.54, 1.807) is 0 Å². The highest BCUT2D eigenvalue weighted by Gasteiger charge is 2.30. The number of rotatable bonds is 4. The molecule has 0 unspecified atom stereocenters. The Kier molecular flexibility index (Phi) is 5.47. The van der Waals surface area contributed by atoms with Crippen LogP contribution in [0.5, 0.6) is 0 Å². The molecule has 0 saturated carbocycles. The Labute approximate surface area is 101 Å². The zero-order valence-corrected chi connectivity index (χ0v) is 12.0. The van der Waals surface area contributed by atoms with Gasteiger partial charge in [-0.15, -0.1) is 0 Å². The Balaban J connectivity index is 4.31. The number of hydrogen-bond acceptors (Lipinski definition) is 2. The predicted molar refractivity (Wildman–Crippen MR) is 69.5 cm³/mol. The summed E-state index contributed by atoms with van der Waals surface area (Å²) in [5, 5.41) is 2.93. The third-order valence-corrected chi connectivity index (χ3v) is 2.60. The number of nitrogens with one attached hydrogen (secondary N) is 1. The van der Waals surface area contributed by atoms with Crippen LogP contribution < -0.4 is 5.32 Å². The van der Waals surface area contributed by atoms with Gasteiger partial charge in [0.25, 0.3) is 0 Å². The van der Waals surface area contributed by atoms with Crippen LogP contribution in [-0.2, 0) is 4.79 Å². The predicted octanol–water partition coefficient (Wildman–Crippen LogP) is 2.41. The zero-order chi connectivity index (χ0) is 13.0. The summed E-state index contributed by atoms with van der Waals surface area (Å²) in [7, 11) is 0. The highest BCUT2D eigenvalue weighted by molar-refractivity contribution is 5.75. The van der Waals surface area contributed by atoms with Gasteiger partial charge in [0.15, 0.2) is 0 Å². The fourth-order valence-corrected chi connectivity index (χ4v) is 2.11. The summed E-state index contributed by atoms with van der Waals surface area (Å²) in [5.74, 6) is 0.128. The van der Waals surface area contributed by atoms with E-state index in [1.165, 1.54) is 0 Å². The molecule has 0 bridgehead atoms. The number of hydrogen-bond donors (Lipinski definition) is 1. The Hall–Kier alpha value is -0.570. The van der Waals surface area contributed by atoms with E-state index in [0.717, 1.165) is 13.1 Å². The lowest BCUT2D eigenvalue weighted by Gasteiger charge is -2.45. The minimum Gasteiger partial charge on any atom is -0.355 e. The summed E-state index contributed by atoms with van der Waals surface area (Å²) in [6.45, 7) is 16.7. The molecule has 0 aromatic heterocycles. The van der Waals surface area contributed by atoms with Crippen LogP contribution in [0.1, 0.15) is 54.9 Å². The molecule has 0 aromatic rings. The van der Waals surface area contributed by atoms with Crippen LogP contribution in [0.4, 0.5) is 0 Å². The van der Waals surface area contributed by atoms with E-state index in [9.17, 15) is 4.79 Å². The summed E-state index contributed by atoms with van der Waals surface area (Å²) in [5.41, 5.74) is 0.240. The lowest BCUT2D eigenvalue weighted by atomic mass is 9.96. The van der Waals surface area contributed by atoms with Crippen molar-refractivity contribution in [1.82, 2.24) is 10.2 Å². The topological polar surface area (TPSA) is 32.3 Å². The van der Waals surface area contributed by atoms with Crippen molar-refractivity contribution in [3.63, 3.8) is 0 Å². The highest BCUT2D eigenvalue weighted by Crippen LogP contribution is 2.23. The van der Waals surface area contributed by atoms with Crippen LogP contribution in [-0.4, -0.2) is 35.0 Å². The molecule has 1 amide bonds. The van der Waals surface area contributed by atoms with E-state index >= 15 is 0 Å². The molecule has 0 spiro atoms. The van der Waals surface area contributed by atoms with Crippen molar-refractivity contribution in [3.8, 4) is 0 Å². The van der Waals surface area contributed by atoms with Crippen molar-refractivity contribution in [3.05, 3.63) is 0 Å². The Morgan fingerprint density at radius 2 is 1.50 bits per heavy atom. The third kappa shape index (κ3) is 5.50. The number of nitrogens with zero attached hydrogens (tertiary/aromatic N) is 1. The van der Waals surface area contributed by atoms with Gasteiger partial charge in [-0.25, -0.2) is 0 Å². The minimum atomic E-state index is 0.120. The largest absolute Gasteiger partial charge is 0.355 e.